The quantitative estimate of drug-likeness (QED) is 0.693. The molecule has 0 fully saturated rings. The molecule has 1 heterocycles. The number of nitrogens with one attached hydrogen (secondary N) is 2. The van der Waals surface area contributed by atoms with Gasteiger partial charge in [0, 0.05) is 5.54 Å². The zero-order valence-corrected chi connectivity index (χ0v) is 18.0. The highest BCUT2D eigenvalue weighted by molar-refractivity contribution is 5.99. The van der Waals surface area contributed by atoms with Crippen molar-refractivity contribution >= 4 is 17.9 Å². The van der Waals surface area contributed by atoms with Gasteiger partial charge in [0.25, 0.3) is 5.91 Å². The van der Waals surface area contributed by atoms with Crippen LogP contribution in [0.1, 0.15) is 55.1 Å². The number of carbonyl (C=O) groups excluding carboxylic acids is 3. The Morgan fingerprint density at radius 3 is 2.43 bits per heavy atom. The number of para-hydroxylation sites is 1. The maximum Gasteiger partial charge on any atom is 0.342 e. The molecule has 0 bridgehead atoms. The Balaban J connectivity index is 2.01. The van der Waals surface area contributed by atoms with Crippen LogP contribution >= 0.6 is 0 Å². The van der Waals surface area contributed by atoms with E-state index in [1.54, 1.807) is 52.8 Å². The highest BCUT2D eigenvalue weighted by Crippen LogP contribution is 2.22. The molecule has 162 valence electrons. The number of urea groups is 1. The fraction of sp³-hybridized carbons (Fsp3) is 0.429. The number of hydrogen-bond acceptors (Lipinski definition) is 7. The largest absolute Gasteiger partial charge is 0.488 e. The van der Waals surface area contributed by atoms with E-state index in [1.165, 1.54) is 13.0 Å². The summed E-state index contributed by atoms with van der Waals surface area (Å²) in [7, 11) is 0. The second kappa shape index (κ2) is 9.43. The van der Waals surface area contributed by atoms with Crippen molar-refractivity contribution < 1.29 is 28.4 Å². The number of rotatable bonds is 6. The number of hydrogen-bond donors (Lipinski definition) is 2. The number of benzene rings is 1. The Kier molecular flexibility index (Phi) is 7.20. The summed E-state index contributed by atoms with van der Waals surface area (Å²) in [4.78, 5) is 36.5. The van der Waals surface area contributed by atoms with E-state index < -0.39 is 29.6 Å². The van der Waals surface area contributed by atoms with Crippen molar-refractivity contribution in [2.24, 2.45) is 0 Å². The second-order valence-electron chi connectivity index (χ2n) is 7.83. The molecule has 0 unspecified atom stereocenters. The van der Waals surface area contributed by atoms with E-state index in [9.17, 15) is 14.4 Å². The Morgan fingerprint density at radius 1 is 1.17 bits per heavy atom. The number of nitrogens with zero attached hydrogens (tertiary/aromatic N) is 1. The first-order valence-electron chi connectivity index (χ1n) is 9.45. The Hall–Kier alpha value is -3.36. The molecule has 0 aliphatic heterocycles. The van der Waals surface area contributed by atoms with Gasteiger partial charge in [0.15, 0.2) is 6.10 Å². The van der Waals surface area contributed by atoms with Gasteiger partial charge in [0.05, 0.1) is 11.3 Å². The molecule has 30 heavy (non-hydrogen) atoms. The van der Waals surface area contributed by atoms with Gasteiger partial charge in [-0.3, -0.25) is 10.1 Å². The molecule has 1 aromatic carbocycles. The predicted molar refractivity (Wildman–Crippen MR) is 108 cm³/mol. The molecule has 1 atom stereocenters. The molecule has 2 N–H and O–H groups in total. The van der Waals surface area contributed by atoms with Crippen LogP contribution in [-0.2, 0) is 16.1 Å². The lowest BCUT2D eigenvalue weighted by molar-refractivity contribution is -0.127. The van der Waals surface area contributed by atoms with Crippen LogP contribution in [0.25, 0.3) is 0 Å². The first-order valence-corrected chi connectivity index (χ1v) is 9.45. The van der Waals surface area contributed by atoms with Crippen LogP contribution in [0.3, 0.4) is 0 Å². The third kappa shape index (κ3) is 6.33. The topological polar surface area (TPSA) is 120 Å². The van der Waals surface area contributed by atoms with Gasteiger partial charge >= 0.3 is 12.0 Å². The van der Waals surface area contributed by atoms with E-state index in [2.05, 4.69) is 15.8 Å². The first kappa shape index (κ1) is 22.9. The summed E-state index contributed by atoms with van der Waals surface area (Å²) in [6.07, 6.45) is -1.18. The van der Waals surface area contributed by atoms with Gasteiger partial charge in [0.1, 0.15) is 23.7 Å². The van der Waals surface area contributed by atoms with Gasteiger partial charge in [-0.05, 0) is 53.7 Å². The molecular formula is C21H27N3O6. The molecule has 0 spiro atoms. The molecule has 9 heteroatoms. The summed E-state index contributed by atoms with van der Waals surface area (Å²) in [6.45, 7) is 10.4. The third-order valence-electron chi connectivity index (χ3n) is 4.04. The summed E-state index contributed by atoms with van der Waals surface area (Å²) in [5, 5.41) is 8.61. The van der Waals surface area contributed by atoms with Crippen molar-refractivity contribution in [3.05, 3.63) is 46.8 Å². The van der Waals surface area contributed by atoms with Crippen molar-refractivity contribution in [1.82, 2.24) is 15.8 Å². The number of carbonyl (C=O) groups is 3. The zero-order valence-electron chi connectivity index (χ0n) is 18.0. The average Bonchev–Trinajstić information content (AvgIpc) is 2.96. The van der Waals surface area contributed by atoms with Gasteiger partial charge in [-0.15, -0.1) is 0 Å². The van der Waals surface area contributed by atoms with E-state index in [4.69, 9.17) is 14.0 Å². The van der Waals surface area contributed by atoms with Gasteiger partial charge < -0.3 is 19.3 Å². The van der Waals surface area contributed by atoms with E-state index >= 15 is 0 Å². The maximum atomic E-state index is 12.6. The number of esters is 1. The van der Waals surface area contributed by atoms with Crippen molar-refractivity contribution in [3.8, 4) is 5.75 Å². The number of aromatic nitrogens is 1. The predicted octanol–water partition coefficient (Wildman–Crippen LogP) is 3.04. The number of aryl methyl sites for hydroxylation is 2. The van der Waals surface area contributed by atoms with Crippen LogP contribution in [0.2, 0.25) is 0 Å². The standard InChI is InChI=1S/C21H27N3O6/c1-12-16(13(2)30-24-12)11-28-17-10-8-7-9-15(17)19(26)29-14(3)18(25)22-20(27)23-21(4,5)6/h7-10,14H,11H2,1-6H3,(H2,22,23,25,27)/t14-/m1/s1. The summed E-state index contributed by atoms with van der Waals surface area (Å²) in [6, 6.07) is 5.85. The van der Waals surface area contributed by atoms with Crippen molar-refractivity contribution in [2.75, 3.05) is 0 Å². The molecule has 0 aliphatic rings. The second-order valence-corrected chi connectivity index (χ2v) is 7.83. The Labute approximate surface area is 175 Å². The summed E-state index contributed by atoms with van der Waals surface area (Å²) in [5.41, 5.74) is 1.13. The summed E-state index contributed by atoms with van der Waals surface area (Å²) >= 11 is 0. The van der Waals surface area contributed by atoms with Crippen molar-refractivity contribution in [3.63, 3.8) is 0 Å². The lowest BCUT2D eigenvalue weighted by atomic mass is 10.1. The van der Waals surface area contributed by atoms with Crippen molar-refractivity contribution in [1.29, 1.82) is 0 Å². The van der Waals surface area contributed by atoms with Crippen LogP contribution in [0.5, 0.6) is 5.75 Å². The summed E-state index contributed by atoms with van der Waals surface area (Å²) in [5.74, 6) is -0.561. The van der Waals surface area contributed by atoms with E-state index in [0.29, 0.717) is 17.2 Å². The normalized spacial score (nSPS) is 12.1. The van der Waals surface area contributed by atoms with Gasteiger partial charge in [-0.2, -0.15) is 0 Å². The molecule has 2 rings (SSSR count). The number of imide groups is 1. The molecule has 0 aliphatic carbocycles. The van der Waals surface area contributed by atoms with Gasteiger partial charge in [0.2, 0.25) is 0 Å². The molecular weight excluding hydrogens is 390 g/mol. The Morgan fingerprint density at radius 2 is 1.83 bits per heavy atom. The fourth-order valence-corrected chi connectivity index (χ4v) is 2.48. The molecule has 0 radical (unpaired) electrons. The first-order chi connectivity index (χ1) is 14.0. The smallest absolute Gasteiger partial charge is 0.342 e. The number of ether oxygens (including phenoxy) is 2. The van der Waals surface area contributed by atoms with Crippen LogP contribution in [0, 0.1) is 13.8 Å². The lowest BCUT2D eigenvalue weighted by Crippen LogP contribution is -2.50. The van der Waals surface area contributed by atoms with Crippen LogP contribution in [-0.4, -0.2) is 34.7 Å². The SMILES string of the molecule is Cc1noc(C)c1COc1ccccc1C(=O)O[C@H](C)C(=O)NC(=O)NC(C)(C)C. The van der Waals surface area contributed by atoms with Gasteiger partial charge in [-0.1, -0.05) is 17.3 Å². The van der Waals surface area contributed by atoms with Crippen LogP contribution in [0.4, 0.5) is 4.79 Å². The maximum absolute atomic E-state index is 12.6. The highest BCUT2D eigenvalue weighted by atomic mass is 16.5. The zero-order chi connectivity index (χ0) is 22.5. The molecule has 0 saturated heterocycles. The summed E-state index contributed by atoms with van der Waals surface area (Å²) < 4.78 is 16.1. The van der Waals surface area contributed by atoms with Crippen molar-refractivity contribution in [2.45, 2.75) is 59.8 Å². The third-order valence-corrected chi connectivity index (χ3v) is 4.04. The Bertz CT molecular complexity index is 910. The van der Waals surface area contributed by atoms with Gasteiger partial charge in [-0.25, -0.2) is 9.59 Å². The number of amides is 3. The fourth-order valence-electron chi connectivity index (χ4n) is 2.48. The average molecular weight is 417 g/mol. The van der Waals surface area contributed by atoms with E-state index in [-0.39, 0.29) is 12.2 Å². The molecule has 1 aromatic heterocycles. The molecule has 3 amide bonds. The van der Waals surface area contributed by atoms with Crippen LogP contribution in [0.15, 0.2) is 28.8 Å². The van der Waals surface area contributed by atoms with Crippen LogP contribution < -0.4 is 15.4 Å². The lowest BCUT2D eigenvalue weighted by Gasteiger charge is -2.21. The highest BCUT2D eigenvalue weighted by Gasteiger charge is 2.24. The minimum Gasteiger partial charge on any atom is -0.488 e. The monoisotopic (exact) mass is 417 g/mol. The van der Waals surface area contributed by atoms with E-state index in [1.807, 2.05) is 0 Å². The molecule has 9 nitrogen and oxygen atoms in total. The molecule has 0 saturated carbocycles. The minimum atomic E-state index is -1.18. The van der Waals surface area contributed by atoms with E-state index in [0.717, 1.165) is 5.56 Å². The molecule has 2 aromatic rings. The minimum absolute atomic E-state index is 0.156.